The Morgan fingerprint density at radius 3 is 2.17 bits per heavy atom. The molecule has 1 aromatic carbocycles. The minimum absolute atomic E-state index is 0.0550. The molecule has 29 heavy (non-hydrogen) atoms. The molecule has 2 aromatic rings. The van der Waals surface area contributed by atoms with E-state index in [1.165, 1.54) is 7.11 Å². The maximum absolute atomic E-state index is 12.7. The zero-order valence-corrected chi connectivity index (χ0v) is 17.8. The topological polar surface area (TPSA) is 84.9 Å². The number of hydrogen-bond donors (Lipinski definition) is 0. The van der Waals surface area contributed by atoms with E-state index in [4.69, 9.17) is 9.47 Å². The van der Waals surface area contributed by atoms with Crippen LogP contribution in [0.5, 0.6) is 0 Å². The van der Waals surface area contributed by atoms with Gasteiger partial charge in [0.1, 0.15) is 16.6 Å². The van der Waals surface area contributed by atoms with Gasteiger partial charge in [-0.15, -0.1) is 0 Å². The first-order valence-electron chi connectivity index (χ1n) is 9.70. The van der Waals surface area contributed by atoms with Gasteiger partial charge in [-0.3, -0.25) is 14.9 Å². The third-order valence-electron chi connectivity index (χ3n) is 4.87. The summed E-state index contributed by atoms with van der Waals surface area (Å²) < 4.78 is 10.4. The summed E-state index contributed by atoms with van der Waals surface area (Å²) in [6, 6.07) is 3.47. The van der Waals surface area contributed by atoms with Crippen LogP contribution in [-0.2, 0) is 9.47 Å². The van der Waals surface area contributed by atoms with Crippen LogP contribution in [0.1, 0.15) is 45.0 Å². The van der Waals surface area contributed by atoms with Gasteiger partial charge in [0.15, 0.2) is 0 Å². The number of esters is 1. The largest absolute Gasteiger partial charge is 0.465 e. The minimum atomic E-state index is -0.539. The highest BCUT2D eigenvalue weighted by Crippen LogP contribution is 2.30. The number of hydrogen-bond acceptors (Lipinski definition) is 7. The maximum Gasteiger partial charge on any atom is 0.410 e. The summed E-state index contributed by atoms with van der Waals surface area (Å²) in [6.07, 6.45) is 2.86. The highest BCUT2D eigenvalue weighted by atomic mass is 16.6. The molecule has 8 heteroatoms. The molecular formula is C21H28N4O4. The first-order chi connectivity index (χ1) is 13.6. The quantitative estimate of drug-likeness (QED) is 0.715. The molecule has 0 saturated carbocycles. The number of ether oxygens (including phenoxy) is 2. The van der Waals surface area contributed by atoms with Gasteiger partial charge in [-0.05, 0) is 46.8 Å². The number of rotatable bonds is 2. The monoisotopic (exact) mass is 400 g/mol. The number of benzene rings is 1. The molecule has 0 aliphatic carbocycles. The van der Waals surface area contributed by atoms with Crippen LogP contribution in [0, 0.1) is 0 Å². The van der Waals surface area contributed by atoms with Gasteiger partial charge in [-0.2, -0.15) is 0 Å². The van der Waals surface area contributed by atoms with Crippen LogP contribution in [0.3, 0.4) is 0 Å². The molecule has 0 radical (unpaired) electrons. The second-order valence-electron chi connectivity index (χ2n) is 8.37. The summed E-state index contributed by atoms with van der Waals surface area (Å²) >= 11 is 0. The SMILES string of the molecule is COC(=O)c1ccc(N2C[C@@H](C)N(C(=O)OC(C)(C)C)[C@@H](C)C2)c2nccnc12. The van der Waals surface area contributed by atoms with Crippen LogP contribution in [0.2, 0.25) is 0 Å². The Hall–Kier alpha value is -2.90. The van der Waals surface area contributed by atoms with E-state index < -0.39 is 11.6 Å². The smallest absolute Gasteiger partial charge is 0.410 e. The summed E-state index contributed by atoms with van der Waals surface area (Å²) in [4.78, 5) is 37.5. The van der Waals surface area contributed by atoms with Crippen molar-refractivity contribution in [3.8, 4) is 0 Å². The Bertz CT molecular complexity index is 913. The van der Waals surface area contributed by atoms with Crippen molar-refractivity contribution >= 4 is 28.8 Å². The van der Waals surface area contributed by atoms with E-state index in [1.807, 2.05) is 40.7 Å². The summed E-state index contributed by atoms with van der Waals surface area (Å²) in [7, 11) is 1.34. The van der Waals surface area contributed by atoms with Gasteiger partial charge < -0.3 is 14.4 Å². The molecule has 1 aromatic heterocycles. The fraction of sp³-hybridized carbons (Fsp3) is 0.524. The van der Waals surface area contributed by atoms with Crippen LogP contribution >= 0.6 is 0 Å². The number of piperazine rings is 1. The minimum Gasteiger partial charge on any atom is -0.465 e. The van der Waals surface area contributed by atoms with Gasteiger partial charge in [-0.1, -0.05) is 0 Å². The first kappa shape index (κ1) is 20.8. The molecule has 0 spiro atoms. The van der Waals surface area contributed by atoms with E-state index in [0.29, 0.717) is 29.7 Å². The van der Waals surface area contributed by atoms with E-state index in [2.05, 4.69) is 14.9 Å². The highest BCUT2D eigenvalue weighted by molar-refractivity contribution is 6.05. The number of amides is 1. The summed E-state index contributed by atoms with van der Waals surface area (Å²) in [5.74, 6) is -0.446. The molecule has 3 rings (SSSR count). The van der Waals surface area contributed by atoms with Crippen molar-refractivity contribution in [1.82, 2.24) is 14.9 Å². The molecule has 156 valence electrons. The van der Waals surface area contributed by atoms with Crippen LogP contribution in [0.4, 0.5) is 10.5 Å². The Labute approximate surface area is 170 Å². The van der Waals surface area contributed by atoms with Gasteiger partial charge in [0.25, 0.3) is 0 Å². The van der Waals surface area contributed by atoms with Crippen molar-refractivity contribution in [2.45, 2.75) is 52.3 Å². The van der Waals surface area contributed by atoms with Crippen LogP contribution < -0.4 is 4.90 Å². The summed E-state index contributed by atoms with van der Waals surface area (Å²) in [5.41, 5.74) is 1.87. The maximum atomic E-state index is 12.7. The van der Waals surface area contributed by atoms with Crippen LogP contribution in [0.15, 0.2) is 24.5 Å². The van der Waals surface area contributed by atoms with E-state index in [0.717, 1.165) is 5.69 Å². The molecule has 0 N–H and O–H groups in total. The molecule has 8 nitrogen and oxygen atoms in total. The van der Waals surface area contributed by atoms with Gasteiger partial charge >= 0.3 is 12.1 Å². The second-order valence-corrected chi connectivity index (χ2v) is 8.37. The molecule has 1 amide bonds. The predicted octanol–water partition coefficient (Wildman–Crippen LogP) is 3.25. The van der Waals surface area contributed by atoms with Crippen LogP contribution in [0.25, 0.3) is 11.0 Å². The molecule has 1 aliphatic rings. The van der Waals surface area contributed by atoms with E-state index in [-0.39, 0.29) is 18.2 Å². The molecule has 2 atom stereocenters. The molecule has 0 unspecified atom stereocenters. The summed E-state index contributed by atoms with van der Waals surface area (Å²) in [5, 5.41) is 0. The number of fused-ring (bicyclic) bond motifs is 1. The van der Waals surface area contributed by atoms with Gasteiger partial charge in [0.2, 0.25) is 0 Å². The van der Waals surface area contributed by atoms with E-state index >= 15 is 0 Å². The number of carbonyl (C=O) groups is 2. The molecular weight excluding hydrogens is 372 g/mol. The average Bonchev–Trinajstić information content (AvgIpc) is 2.64. The van der Waals surface area contributed by atoms with Crippen molar-refractivity contribution < 1.29 is 19.1 Å². The fourth-order valence-electron chi connectivity index (χ4n) is 3.77. The number of anilines is 1. The standard InChI is InChI=1S/C21H28N4O4/c1-13-11-24(12-14(2)25(13)20(27)29-21(3,4)5)16-8-7-15(19(26)28-6)17-18(16)23-10-9-22-17/h7-10,13-14H,11-12H2,1-6H3/t13-,14+. The number of carbonyl (C=O) groups excluding carboxylic acids is 2. The van der Waals surface area contributed by atoms with E-state index in [9.17, 15) is 9.59 Å². The zero-order valence-electron chi connectivity index (χ0n) is 17.8. The highest BCUT2D eigenvalue weighted by Gasteiger charge is 2.36. The van der Waals surface area contributed by atoms with Crippen molar-refractivity contribution in [2.24, 2.45) is 0 Å². The third kappa shape index (κ3) is 4.26. The number of aromatic nitrogens is 2. The molecule has 0 bridgehead atoms. The molecule has 1 saturated heterocycles. The lowest BCUT2D eigenvalue weighted by Gasteiger charge is -2.45. The number of nitrogens with zero attached hydrogens (tertiary/aromatic N) is 4. The van der Waals surface area contributed by atoms with Gasteiger partial charge in [0, 0.05) is 25.5 Å². The van der Waals surface area contributed by atoms with Crippen molar-refractivity contribution in [3.05, 3.63) is 30.1 Å². The predicted molar refractivity (Wildman–Crippen MR) is 110 cm³/mol. The Kier molecular flexibility index (Phi) is 5.64. The zero-order chi connectivity index (χ0) is 21.3. The Morgan fingerprint density at radius 2 is 1.62 bits per heavy atom. The lowest BCUT2D eigenvalue weighted by Crippen LogP contribution is -2.59. The first-order valence-corrected chi connectivity index (χ1v) is 9.70. The normalized spacial score (nSPS) is 19.9. The van der Waals surface area contributed by atoms with Crippen molar-refractivity contribution in [2.75, 3.05) is 25.1 Å². The van der Waals surface area contributed by atoms with Crippen molar-refractivity contribution in [3.63, 3.8) is 0 Å². The van der Waals surface area contributed by atoms with Gasteiger partial charge in [0.05, 0.1) is 30.4 Å². The molecule has 2 heterocycles. The van der Waals surface area contributed by atoms with Gasteiger partial charge in [-0.25, -0.2) is 9.59 Å². The summed E-state index contributed by atoms with van der Waals surface area (Å²) in [6.45, 7) is 10.8. The van der Waals surface area contributed by atoms with Crippen molar-refractivity contribution in [1.29, 1.82) is 0 Å². The fourth-order valence-corrected chi connectivity index (χ4v) is 3.77. The van der Waals surface area contributed by atoms with E-state index in [1.54, 1.807) is 23.4 Å². The third-order valence-corrected chi connectivity index (χ3v) is 4.87. The number of methoxy groups -OCH3 is 1. The van der Waals surface area contributed by atoms with Crippen LogP contribution in [-0.4, -0.2) is 64.8 Å². The molecule has 1 aliphatic heterocycles. The Balaban J connectivity index is 1.91. The molecule has 1 fully saturated rings. The second kappa shape index (κ2) is 7.85. The average molecular weight is 400 g/mol. The Morgan fingerprint density at radius 1 is 1.03 bits per heavy atom. The lowest BCUT2D eigenvalue weighted by atomic mass is 10.1. The lowest BCUT2D eigenvalue weighted by molar-refractivity contribution is 0.00566.